The van der Waals surface area contributed by atoms with E-state index in [0.717, 1.165) is 0 Å². The summed E-state index contributed by atoms with van der Waals surface area (Å²) in [5.41, 5.74) is 1.11. The zero-order chi connectivity index (χ0) is 12.7. The molecule has 1 aromatic rings. The minimum Gasteiger partial charge on any atom is -0.308 e. The molecular weight excluding hydrogens is 236 g/mol. The lowest BCUT2D eigenvalue weighted by Crippen LogP contribution is -2.28. The highest BCUT2D eigenvalue weighted by atomic mass is 35.5. The van der Waals surface area contributed by atoms with Gasteiger partial charge in [-0.25, -0.2) is 4.79 Å². The fourth-order valence-electron chi connectivity index (χ4n) is 1.12. The lowest BCUT2D eigenvalue weighted by Gasteiger charge is -2.09. The van der Waals surface area contributed by atoms with Gasteiger partial charge in [-0.2, -0.15) is 0 Å². The van der Waals surface area contributed by atoms with E-state index in [0.29, 0.717) is 11.4 Å². The third-order valence-corrected chi connectivity index (χ3v) is 2.06. The molecule has 0 saturated heterocycles. The largest absolute Gasteiger partial charge is 0.323 e. The molecule has 0 aromatic heterocycles. The van der Waals surface area contributed by atoms with Gasteiger partial charge in [-0.1, -0.05) is 49.0 Å². The van der Waals surface area contributed by atoms with Crippen LogP contribution in [0.1, 0.15) is 0 Å². The van der Waals surface area contributed by atoms with E-state index in [1.165, 1.54) is 6.08 Å². The number of carbonyl (C=O) groups excluding carboxylic acids is 1. The second-order valence-corrected chi connectivity index (χ2v) is 3.62. The summed E-state index contributed by atoms with van der Waals surface area (Å²) in [6.07, 6.45) is 3.09. The molecule has 0 atom stereocenters. The highest BCUT2D eigenvalue weighted by molar-refractivity contribution is 6.31. The van der Waals surface area contributed by atoms with Crippen molar-refractivity contribution in [2.45, 2.75) is 0 Å². The highest BCUT2D eigenvalue weighted by Crippen LogP contribution is 2.10. The molecule has 1 aromatic carbocycles. The number of urea groups is 1. The van der Waals surface area contributed by atoms with Crippen molar-refractivity contribution in [3.05, 3.63) is 66.4 Å². The Labute approximate surface area is 105 Å². The highest BCUT2D eigenvalue weighted by Gasteiger charge is 2.05. The first-order valence-corrected chi connectivity index (χ1v) is 5.32. The van der Waals surface area contributed by atoms with Crippen LogP contribution in [0.15, 0.2) is 66.4 Å². The van der Waals surface area contributed by atoms with Gasteiger partial charge in [0, 0.05) is 5.69 Å². The van der Waals surface area contributed by atoms with Crippen LogP contribution in [0.3, 0.4) is 0 Å². The molecule has 2 N–H and O–H groups in total. The standard InChI is InChI=1S/C13H13ClN2O/c1-3-7-12(10(2)14)16-13(17)15-11-8-5-4-6-9-11/h3-9H,1-2H2,(H2,15,16,17)/b12-7+. The fourth-order valence-corrected chi connectivity index (χ4v) is 1.23. The molecule has 0 heterocycles. The Morgan fingerprint density at radius 3 is 2.47 bits per heavy atom. The van der Waals surface area contributed by atoms with Crippen molar-refractivity contribution in [1.29, 1.82) is 0 Å². The SMILES string of the molecule is C=C/C=C(/NC(=O)Nc1ccccc1)C(=C)Cl. The van der Waals surface area contributed by atoms with E-state index in [1.807, 2.05) is 18.2 Å². The molecule has 1 rings (SSSR count). The third kappa shape index (κ3) is 4.57. The third-order valence-electron chi connectivity index (χ3n) is 1.86. The molecule has 0 aliphatic heterocycles. The van der Waals surface area contributed by atoms with Gasteiger partial charge in [-0.3, -0.25) is 0 Å². The Morgan fingerprint density at radius 2 is 1.94 bits per heavy atom. The summed E-state index contributed by atoms with van der Waals surface area (Å²) in [5, 5.41) is 5.48. The minimum absolute atomic E-state index is 0.244. The van der Waals surface area contributed by atoms with Crippen LogP contribution in [0.2, 0.25) is 0 Å². The van der Waals surface area contributed by atoms with Crippen molar-refractivity contribution in [2.24, 2.45) is 0 Å². The molecule has 4 heteroatoms. The predicted molar refractivity (Wildman–Crippen MR) is 71.9 cm³/mol. The molecule has 0 aliphatic carbocycles. The summed E-state index contributed by atoms with van der Waals surface area (Å²) in [5.74, 6) is 0. The van der Waals surface area contributed by atoms with Crippen molar-refractivity contribution < 1.29 is 4.79 Å². The maximum atomic E-state index is 11.6. The molecule has 0 aliphatic rings. The summed E-state index contributed by atoms with van der Waals surface area (Å²) < 4.78 is 0. The Kier molecular flexibility index (Phi) is 5.04. The quantitative estimate of drug-likeness (QED) is 0.785. The average molecular weight is 249 g/mol. The van der Waals surface area contributed by atoms with E-state index in [1.54, 1.807) is 18.2 Å². The van der Waals surface area contributed by atoms with Crippen LogP contribution < -0.4 is 10.6 Å². The number of hydrogen-bond acceptors (Lipinski definition) is 1. The first kappa shape index (κ1) is 13.1. The minimum atomic E-state index is -0.383. The van der Waals surface area contributed by atoms with E-state index in [9.17, 15) is 4.79 Å². The van der Waals surface area contributed by atoms with Gasteiger partial charge in [0.1, 0.15) is 0 Å². The summed E-state index contributed by atoms with van der Waals surface area (Å²) in [4.78, 5) is 11.6. The zero-order valence-corrected chi connectivity index (χ0v) is 10.00. The molecule has 88 valence electrons. The van der Waals surface area contributed by atoms with Crippen LogP contribution in [0.25, 0.3) is 0 Å². The topological polar surface area (TPSA) is 41.1 Å². The van der Waals surface area contributed by atoms with Gasteiger partial charge in [-0.05, 0) is 18.2 Å². The summed E-state index contributed by atoms with van der Waals surface area (Å²) in [7, 11) is 0. The Bertz CT molecular complexity index is 452. The van der Waals surface area contributed by atoms with Crippen molar-refractivity contribution >= 4 is 23.3 Å². The lowest BCUT2D eigenvalue weighted by atomic mass is 10.3. The summed E-state index contributed by atoms with van der Waals surface area (Å²) in [6.45, 7) is 7.07. The number of hydrogen-bond donors (Lipinski definition) is 2. The molecule has 0 bridgehead atoms. The van der Waals surface area contributed by atoms with Crippen LogP contribution >= 0.6 is 11.6 Å². The number of halogens is 1. The number of nitrogens with one attached hydrogen (secondary N) is 2. The molecule has 0 fully saturated rings. The maximum Gasteiger partial charge on any atom is 0.323 e. The van der Waals surface area contributed by atoms with Crippen molar-refractivity contribution in [2.75, 3.05) is 5.32 Å². The Morgan fingerprint density at radius 1 is 1.29 bits per heavy atom. The normalized spacial score (nSPS) is 10.5. The fraction of sp³-hybridized carbons (Fsp3) is 0. The summed E-state index contributed by atoms with van der Waals surface area (Å²) >= 11 is 5.72. The number of para-hydroxylation sites is 1. The molecule has 3 nitrogen and oxygen atoms in total. The van der Waals surface area contributed by atoms with Gasteiger partial charge in [0.2, 0.25) is 0 Å². The van der Waals surface area contributed by atoms with E-state index < -0.39 is 0 Å². The lowest BCUT2D eigenvalue weighted by molar-refractivity contribution is 0.254. The molecule has 2 amide bonds. The van der Waals surface area contributed by atoms with Crippen LogP contribution in [0, 0.1) is 0 Å². The first-order valence-electron chi connectivity index (χ1n) is 4.94. The van der Waals surface area contributed by atoms with Crippen LogP contribution in [0.4, 0.5) is 10.5 Å². The zero-order valence-electron chi connectivity index (χ0n) is 9.24. The van der Waals surface area contributed by atoms with Gasteiger partial charge in [0.25, 0.3) is 0 Å². The Balaban J connectivity index is 2.63. The number of rotatable bonds is 4. The van der Waals surface area contributed by atoms with Gasteiger partial charge in [0.15, 0.2) is 0 Å². The molecule has 0 radical (unpaired) electrons. The van der Waals surface area contributed by atoms with E-state index in [-0.39, 0.29) is 11.1 Å². The number of benzene rings is 1. The van der Waals surface area contributed by atoms with E-state index in [4.69, 9.17) is 11.6 Å². The van der Waals surface area contributed by atoms with Gasteiger partial charge in [0.05, 0.1) is 10.7 Å². The second kappa shape index (κ2) is 6.55. The molecule has 0 saturated carbocycles. The first-order chi connectivity index (χ1) is 8.13. The van der Waals surface area contributed by atoms with Crippen LogP contribution in [-0.4, -0.2) is 6.03 Å². The van der Waals surface area contributed by atoms with Crippen molar-refractivity contribution in [1.82, 2.24) is 5.32 Å². The maximum absolute atomic E-state index is 11.6. The predicted octanol–water partition coefficient (Wildman–Crippen LogP) is 3.63. The van der Waals surface area contributed by atoms with E-state index >= 15 is 0 Å². The second-order valence-electron chi connectivity index (χ2n) is 3.17. The van der Waals surface area contributed by atoms with Crippen molar-refractivity contribution in [3.8, 4) is 0 Å². The molecule has 0 unspecified atom stereocenters. The van der Waals surface area contributed by atoms with Gasteiger partial charge in [-0.15, -0.1) is 0 Å². The molecule has 17 heavy (non-hydrogen) atoms. The van der Waals surface area contributed by atoms with Crippen LogP contribution in [0.5, 0.6) is 0 Å². The smallest absolute Gasteiger partial charge is 0.308 e. The average Bonchev–Trinajstić information content (AvgIpc) is 2.29. The van der Waals surface area contributed by atoms with E-state index in [2.05, 4.69) is 23.8 Å². The Hall–Kier alpha value is -2.00. The molecular formula is C13H13ClN2O. The number of amides is 2. The number of allylic oxidation sites excluding steroid dienone is 3. The van der Waals surface area contributed by atoms with Crippen molar-refractivity contribution in [3.63, 3.8) is 0 Å². The van der Waals surface area contributed by atoms with Crippen LogP contribution in [-0.2, 0) is 0 Å². The molecule has 0 spiro atoms. The summed E-state index contributed by atoms with van der Waals surface area (Å²) in [6, 6.07) is 8.71. The monoisotopic (exact) mass is 248 g/mol. The number of carbonyl (C=O) groups is 1. The number of anilines is 1. The van der Waals surface area contributed by atoms with Gasteiger partial charge < -0.3 is 10.6 Å². The van der Waals surface area contributed by atoms with Gasteiger partial charge >= 0.3 is 6.03 Å².